The number of nitrogens with two attached hydrogens (primary N) is 1. The van der Waals surface area contributed by atoms with Crippen molar-refractivity contribution in [3.05, 3.63) is 23.8 Å². The van der Waals surface area contributed by atoms with Gasteiger partial charge >= 0.3 is 0 Å². The van der Waals surface area contributed by atoms with Gasteiger partial charge in [-0.3, -0.25) is 4.79 Å². The highest BCUT2D eigenvalue weighted by Gasteiger charge is 2.02. The number of imidazole rings is 1. The summed E-state index contributed by atoms with van der Waals surface area (Å²) in [5.74, 6) is -0.0286. The maximum Gasteiger partial charge on any atom is 0.266 e. The van der Waals surface area contributed by atoms with Crippen LogP contribution in [-0.4, -0.2) is 21.6 Å². The SMILES string of the molecule is CC.CC(=N)/C=C\c1ncc(C(N)=O)[nH]1. The van der Waals surface area contributed by atoms with Crippen molar-refractivity contribution < 1.29 is 4.79 Å². The number of carbonyl (C=O) groups is 1. The molecule has 15 heavy (non-hydrogen) atoms. The molecule has 5 heteroatoms. The first-order chi connectivity index (χ1) is 7.09. The number of carbonyl (C=O) groups excluding carboxylic acids is 1. The molecule has 0 atom stereocenters. The van der Waals surface area contributed by atoms with Crippen LogP contribution in [0.4, 0.5) is 0 Å². The number of primary amides is 1. The molecule has 0 aliphatic carbocycles. The van der Waals surface area contributed by atoms with E-state index < -0.39 is 5.91 Å². The fourth-order valence-electron chi connectivity index (χ4n) is 0.750. The zero-order chi connectivity index (χ0) is 11.8. The molecule has 0 spiro atoms. The highest BCUT2D eigenvalue weighted by atomic mass is 16.1. The van der Waals surface area contributed by atoms with Gasteiger partial charge in [-0.15, -0.1) is 0 Å². The van der Waals surface area contributed by atoms with Crippen molar-refractivity contribution in [3.63, 3.8) is 0 Å². The van der Waals surface area contributed by atoms with E-state index in [0.717, 1.165) is 0 Å². The number of H-pyrrole nitrogens is 1. The number of amides is 1. The van der Waals surface area contributed by atoms with E-state index >= 15 is 0 Å². The van der Waals surface area contributed by atoms with E-state index in [1.165, 1.54) is 6.20 Å². The Morgan fingerprint density at radius 3 is 2.60 bits per heavy atom. The van der Waals surface area contributed by atoms with Gasteiger partial charge in [-0.2, -0.15) is 0 Å². The molecule has 0 unspecified atom stereocenters. The van der Waals surface area contributed by atoms with E-state index in [1.54, 1.807) is 19.1 Å². The van der Waals surface area contributed by atoms with E-state index in [4.69, 9.17) is 11.1 Å². The average Bonchev–Trinajstić information content (AvgIpc) is 2.66. The smallest absolute Gasteiger partial charge is 0.266 e. The number of hydrogen-bond acceptors (Lipinski definition) is 3. The summed E-state index contributed by atoms with van der Waals surface area (Å²) in [7, 11) is 0. The van der Waals surface area contributed by atoms with Gasteiger partial charge < -0.3 is 16.1 Å². The number of rotatable bonds is 3. The molecule has 0 saturated carbocycles. The summed E-state index contributed by atoms with van der Waals surface area (Å²) in [5, 5.41) is 7.11. The molecule has 1 heterocycles. The molecule has 0 saturated heterocycles. The second-order valence-electron chi connectivity index (χ2n) is 2.56. The zero-order valence-corrected chi connectivity index (χ0v) is 9.16. The van der Waals surface area contributed by atoms with Crippen LogP contribution >= 0.6 is 0 Å². The molecule has 1 aromatic heterocycles. The van der Waals surface area contributed by atoms with Crippen LogP contribution in [0.2, 0.25) is 0 Å². The number of nitrogens with zero attached hydrogens (tertiary/aromatic N) is 1. The van der Waals surface area contributed by atoms with E-state index in [2.05, 4.69) is 9.97 Å². The van der Waals surface area contributed by atoms with Crippen molar-refractivity contribution >= 4 is 17.7 Å². The van der Waals surface area contributed by atoms with Gasteiger partial charge in [0.2, 0.25) is 0 Å². The van der Waals surface area contributed by atoms with Gasteiger partial charge in [-0.25, -0.2) is 4.98 Å². The number of nitrogens with one attached hydrogen (secondary N) is 2. The maximum atomic E-state index is 10.6. The predicted molar refractivity (Wildman–Crippen MR) is 60.9 cm³/mol. The fourth-order valence-corrected chi connectivity index (χ4v) is 0.750. The Morgan fingerprint density at radius 2 is 2.20 bits per heavy atom. The molecule has 0 aromatic carbocycles. The highest BCUT2D eigenvalue weighted by Crippen LogP contribution is 1.98. The lowest BCUT2D eigenvalue weighted by Gasteiger charge is -1.85. The first-order valence-electron chi connectivity index (χ1n) is 4.67. The standard InChI is InChI=1S/C8H10N4O.C2H6/c1-5(9)2-3-7-11-4-6(12-7)8(10)13;1-2/h2-4,9H,1H3,(H2,10,13)(H,11,12);1-2H3/b3-2-,9-5?;. The van der Waals surface area contributed by atoms with Gasteiger partial charge in [0.15, 0.2) is 0 Å². The number of allylic oxidation sites excluding steroid dienone is 1. The molecule has 4 N–H and O–H groups in total. The molecular formula is C10H16N4O. The molecule has 82 valence electrons. The minimum atomic E-state index is -0.543. The third-order valence-electron chi connectivity index (χ3n) is 1.35. The van der Waals surface area contributed by atoms with Crippen LogP contribution in [0.5, 0.6) is 0 Å². The first-order valence-corrected chi connectivity index (χ1v) is 4.67. The number of aromatic amines is 1. The Hall–Kier alpha value is -1.91. The van der Waals surface area contributed by atoms with Crippen molar-refractivity contribution in [2.24, 2.45) is 5.73 Å². The Morgan fingerprint density at radius 1 is 1.60 bits per heavy atom. The molecule has 1 aromatic rings. The second kappa shape index (κ2) is 6.53. The molecule has 0 fully saturated rings. The predicted octanol–water partition coefficient (Wildman–Crippen LogP) is 1.59. The van der Waals surface area contributed by atoms with Crippen LogP contribution in [0, 0.1) is 5.41 Å². The molecule has 0 aliphatic heterocycles. The Labute approximate surface area is 88.9 Å². The maximum absolute atomic E-state index is 10.6. The Kier molecular flexibility index (Phi) is 5.70. The van der Waals surface area contributed by atoms with Crippen molar-refractivity contribution in [1.29, 1.82) is 5.41 Å². The van der Waals surface area contributed by atoms with Crippen molar-refractivity contribution in [2.75, 3.05) is 0 Å². The lowest BCUT2D eigenvalue weighted by atomic mass is 10.3. The first kappa shape index (κ1) is 13.1. The lowest BCUT2D eigenvalue weighted by molar-refractivity contribution is 0.0996. The van der Waals surface area contributed by atoms with Crippen molar-refractivity contribution in [1.82, 2.24) is 9.97 Å². The van der Waals surface area contributed by atoms with Crippen molar-refractivity contribution in [2.45, 2.75) is 20.8 Å². The molecule has 0 bridgehead atoms. The van der Waals surface area contributed by atoms with Crippen molar-refractivity contribution in [3.8, 4) is 0 Å². The summed E-state index contributed by atoms with van der Waals surface area (Å²) < 4.78 is 0. The van der Waals surface area contributed by atoms with Gasteiger partial charge in [0, 0.05) is 5.71 Å². The number of aromatic nitrogens is 2. The van der Waals surface area contributed by atoms with E-state index in [-0.39, 0.29) is 5.69 Å². The summed E-state index contributed by atoms with van der Waals surface area (Å²) in [5.41, 5.74) is 5.69. The molecule has 1 rings (SSSR count). The van der Waals surface area contributed by atoms with E-state index in [9.17, 15) is 4.79 Å². The van der Waals surface area contributed by atoms with Crippen LogP contribution in [-0.2, 0) is 0 Å². The third kappa shape index (κ3) is 4.75. The van der Waals surface area contributed by atoms with Crippen LogP contribution in [0.25, 0.3) is 6.08 Å². The summed E-state index contributed by atoms with van der Waals surface area (Å²) in [4.78, 5) is 17.2. The molecule has 5 nitrogen and oxygen atoms in total. The normalized spacial score (nSPS) is 9.53. The summed E-state index contributed by atoms with van der Waals surface area (Å²) in [6.07, 6.45) is 4.54. The monoisotopic (exact) mass is 208 g/mol. The van der Waals surface area contributed by atoms with Crippen LogP contribution in [0.3, 0.4) is 0 Å². The number of hydrogen-bond donors (Lipinski definition) is 3. The van der Waals surface area contributed by atoms with Gasteiger partial charge in [0.05, 0.1) is 6.20 Å². The average molecular weight is 208 g/mol. The molecular weight excluding hydrogens is 192 g/mol. The van der Waals surface area contributed by atoms with Gasteiger partial charge in [-0.05, 0) is 19.1 Å². The lowest BCUT2D eigenvalue weighted by Crippen LogP contribution is -2.10. The summed E-state index contributed by atoms with van der Waals surface area (Å²) in [6.45, 7) is 5.65. The van der Waals surface area contributed by atoms with Crippen LogP contribution in [0.1, 0.15) is 37.1 Å². The minimum absolute atomic E-state index is 0.266. The van der Waals surface area contributed by atoms with Gasteiger partial charge in [0.25, 0.3) is 5.91 Å². The fraction of sp³-hybridized carbons (Fsp3) is 0.300. The molecule has 0 aliphatic rings. The second-order valence-corrected chi connectivity index (χ2v) is 2.56. The van der Waals surface area contributed by atoms with E-state index in [0.29, 0.717) is 11.5 Å². The minimum Gasteiger partial charge on any atom is -0.364 e. The van der Waals surface area contributed by atoms with Crippen LogP contribution < -0.4 is 5.73 Å². The van der Waals surface area contributed by atoms with E-state index in [1.807, 2.05) is 13.8 Å². The quantitative estimate of drug-likeness (QED) is 0.657. The Balaban J connectivity index is 0.000000921. The zero-order valence-electron chi connectivity index (χ0n) is 9.16. The largest absolute Gasteiger partial charge is 0.364 e. The molecule has 1 amide bonds. The van der Waals surface area contributed by atoms with Crippen LogP contribution in [0.15, 0.2) is 12.3 Å². The summed E-state index contributed by atoms with van der Waals surface area (Å²) in [6, 6.07) is 0. The highest BCUT2D eigenvalue weighted by molar-refractivity contribution is 5.94. The Bertz CT molecular complexity index is 365. The van der Waals surface area contributed by atoms with Gasteiger partial charge in [0.1, 0.15) is 11.5 Å². The third-order valence-corrected chi connectivity index (χ3v) is 1.35. The summed E-state index contributed by atoms with van der Waals surface area (Å²) >= 11 is 0. The molecule has 0 radical (unpaired) electrons. The van der Waals surface area contributed by atoms with Gasteiger partial charge in [-0.1, -0.05) is 13.8 Å². The topological polar surface area (TPSA) is 95.6 Å².